The first-order valence-corrected chi connectivity index (χ1v) is 10.8. The molecule has 1 aliphatic rings. The maximum Gasteiger partial charge on any atom is 0.274 e. The summed E-state index contributed by atoms with van der Waals surface area (Å²) in [4.78, 5) is 15.1. The number of aliphatic hydroxyl groups is 1. The Kier molecular flexibility index (Phi) is 6.16. The lowest BCUT2D eigenvalue weighted by Gasteiger charge is -2.30. The summed E-state index contributed by atoms with van der Waals surface area (Å²) >= 11 is 0. The van der Waals surface area contributed by atoms with Crippen LogP contribution in [0, 0.1) is 0 Å². The molecule has 0 fully saturated rings. The Bertz CT molecular complexity index is 1080. The maximum absolute atomic E-state index is 12.9. The minimum Gasteiger partial charge on any atom is -0.390 e. The van der Waals surface area contributed by atoms with Gasteiger partial charge in [0.1, 0.15) is 0 Å². The van der Waals surface area contributed by atoms with Crippen molar-refractivity contribution >= 4 is 16.5 Å². The Balaban J connectivity index is 1.44. The molecule has 158 valence electrons. The number of β-amino-alcohol motifs (C(OH)–C–C–N with tert-alkyl or cyclic N) is 1. The third-order valence-electron chi connectivity index (χ3n) is 5.94. The molecule has 0 saturated heterocycles. The van der Waals surface area contributed by atoms with Crippen LogP contribution in [0.5, 0.6) is 0 Å². The molecule has 0 bridgehead atoms. The molecule has 2 heterocycles. The van der Waals surface area contributed by atoms with Crippen LogP contribution in [0.15, 0.2) is 53.5 Å². The molecule has 0 saturated carbocycles. The van der Waals surface area contributed by atoms with Crippen LogP contribution in [-0.2, 0) is 19.5 Å². The lowest BCUT2D eigenvalue weighted by molar-refractivity contribution is 0.0878. The highest BCUT2D eigenvalue weighted by Gasteiger charge is 2.19. The molecule has 0 aliphatic carbocycles. The van der Waals surface area contributed by atoms with Gasteiger partial charge in [-0.05, 0) is 49.1 Å². The van der Waals surface area contributed by atoms with E-state index in [2.05, 4.69) is 53.4 Å². The summed E-state index contributed by atoms with van der Waals surface area (Å²) in [6.07, 6.45) is 3.08. The summed E-state index contributed by atoms with van der Waals surface area (Å²) in [6.45, 7) is 6.73. The van der Waals surface area contributed by atoms with Crippen LogP contribution in [0.4, 0.5) is 5.69 Å². The smallest absolute Gasteiger partial charge is 0.274 e. The Morgan fingerprint density at radius 1 is 1.17 bits per heavy atom. The van der Waals surface area contributed by atoms with E-state index in [1.54, 1.807) is 6.20 Å². The molecule has 0 radical (unpaired) electrons. The second-order valence-corrected chi connectivity index (χ2v) is 8.30. The van der Waals surface area contributed by atoms with Crippen LogP contribution in [0.1, 0.15) is 31.4 Å². The molecule has 1 aliphatic heterocycles. The number of nitrogens with one attached hydrogen (secondary N) is 1. The van der Waals surface area contributed by atoms with Gasteiger partial charge in [-0.2, -0.15) is 5.10 Å². The molecule has 3 aromatic rings. The van der Waals surface area contributed by atoms with Crippen LogP contribution in [-0.4, -0.2) is 45.0 Å². The van der Waals surface area contributed by atoms with Gasteiger partial charge in [0.05, 0.1) is 24.2 Å². The summed E-state index contributed by atoms with van der Waals surface area (Å²) in [7, 11) is 0. The first-order chi connectivity index (χ1) is 14.5. The number of rotatable bonds is 7. The van der Waals surface area contributed by atoms with Crippen molar-refractivity contribution in [1.29, 1.82) is 0 Å². The predicted octanol–water partition coefficient (Wildman–Crippen LogP) is 3.03. The van der Waals surface area contributed by atoms with Crippen molar-refractivity contribution in [2.75, 3.05) is 18.4 Å². The van der Waals surface area contributed by atoms with Gasteiger partial charge in [0, 0.05) is 36.7 Å². The minimum atomic E-state index is -0.649. The lowest BCUT2D eigenvalue weighted by atomic mass is 10.00. The average molecular weight is 407 g/mol. The van der Waals surface area contributed by atoms with E-state index in [0.29, 0.717) is 18.0 Å². The highest BCUT2D eigenvalue weighted by atomic mass is 16.3. The summed E-state index contributed by atoms with van der Waals surface area (Å²) in [5.74, 6) is 0. The number of benzene rings is 2. The van der Waals surface area contributed by atoms with E-state index in [4.69, 9.17) is 0 Å². The number of hydrogen-bond donors (Lipinski definition) is 2. The van der Waals surface area contributed by atoms with Crippen molar-refractivity contribution in [1.82, 2.24) is 14.7 Å². The fourth-order valence-corrected chi connectivity index (χ4v) is 4.06. The number of aromatic nitrogens is 2. The summed E-state index contributed by atoms with van der Waals surface area (Å²) < 4.78 is 1.38. The molecule has 1 unspecified atom stereocenters. The third kappa shape index (κ3) is 4.55. The predicted molar refractivity (Wildman–Crippen MR) is 121 cm³/mol. The number of fused-ring (bicyclic) bond motifs is 2. The van der Waals surface area contributed by atoms with Gasteiger partial charge >= 0.3 is 0 Å². The number of hydrogen-bond acceptors (Lipinski definition) is 5. The standard InChI is InChI=1S/C24H30N4O2/c1-3-17(2)26-21-8-9-23-20(12-21)13-25-28(24(23)30)16-22(29)15-27-11-10-18-6-4-5-7-19(18)14-27/h4-9,12-13,17,22,26,29H,3,10-11,14-16H2,1-2H3/t17?,22-/m1/s1. The average Bonchev–Trinajstić information content (AvgIpc) is 2.75. The molecule has 2 N–H and O–H groups in total. The number of aliphatic hydroxyl groups excluding tert-OH is 1. The van der Waals surface area contributed by atoms with Gasteiger partial charge in [-0.25, -0.2) is 4.68 Å². The number of anilines is 1. The summed E-state index contributed by atoms with van der Waals surface area (Å²) in [5, 5.41) is 19.8. The first kappa shape index (κ1) is 20.6. The zero-order chi connectivity index (χ0) is 21.1. The Morgan fingerprint density at radius 3 is 2.77 bits per heavy atom. The van der Waals surface area contributed by atoms with Crippen molar-refractivity contribution in [3.8, 4) is 0 Å². The normalized spacial score (nSPS) is 16.2. The van der Waals surface area contributed by atoms with Gasteiger partial charge in [0.25, 0.3) is 5.56 Å². The Hall–Kier alpha value is -2.70. The van der Waals surface area contributed by atoms with Gasteiger partial charge in [-0.3, -0.25) is 9.69 Å². The summed E-state index contributed by atoms with van der Waals surface area (Å²) in [5.41, 5.74) is 3.53. The fraction of sp³-hybridized carbons (Fsp3) is 0.417. The van der Waals surface area contributed by atoms with Crippen molar-refractivity contribution < 1.29 is 5.11 Å². The lowest BCUT2D eigenvalue weighted by Crippen LogP contribution is -2.40. The quantitative estimate of drug-likeness (QED) is 0.631. The van der Waals surface area contributed by atoms with Crippen LogP contribution in [0.25, 0.3) is 10.8 Å². The van der Waals surface area contributed by atoms with E-state index >= 15 is 0 Å². The van der Waals surface area contributed by atoms with E-state index < -0.39 is 6.10 Å². The zero-order valence-corrected chi connectivity index (χ0v) is 17.7. The van der Waals surface area contributed by atoms with Crippen LogP contribution < -0.4 is 10.9 Å². The van der Waals surface area contributed by atoms with Gasteiger partial charge in [-0.15, -0.1) is 0 Å². The Morgan fingerprint density at radius 2 is 1.97 bits per heavy atom. The Labute approximate surface area is 177 Å². The first-order valence-electron chi connectivity index (χ1n) is 10.8. The summed E-state index contributed by atoms with van der Waals surface area (Å²) in [6, 6.07) is 14.6. The van der Waals surface area contributed by atoms with E-state index in [-0.39, 0.29) is 12.1 Å². The third-order valence-corrected chi connectivity index (χ3v) is 5.94. The van der Waals surface area contributed by atoms with Crippen molar-refractivity contribution in [2.45, 2.75) is 51.9 Å². The number of nitrogens with zero attached hydrogens (tertiary/aromatic N) is 3. The SMILES string of the molecule is CCC(C)Nc1ccc2c(=O)n(C[C@H](O)CN3CCc4ccccc4C3)ncc2c1. The van der Waals surface area contributed by atoms with Crippen molar-refractivity contribution in [2.24, 2.45) is 0 Å². The maximum atomic E-state index is 12.9. The van der Waals surface area contributed by atoms with Crippen LogP contribution in [0.3, 0.4) is 0 Å². The molecule has 2 aromatic carbocycles. The van der Waals surface area contributed by atoms with Crippen molar-refractivity contribution in [3.05, 3.63) is 70.1 Å². The van der Waals surface area contributed by atoms with Gasteiger partial charge in [0.15, 0.2) is 0 Å². The van der Waals surface area contributed by atoms with E-state index in [1.165, 1.54) is 15.8 Å². The molecule has 30 heavy (non-hydrogen) atoms. The van der Waals surface area contributed by atoms with E-state index in [0.717, 1.165) is 37.0 Å². The van der Waals surface area contributed by atoms with Gasteiger partial charge < -0.3 is 10.4 Å². The van der Waals surface area contributed by atoms with Crippen LogP contribution >= 0.6 is 0 Å². The second-order valence-electron chi connectivity index (χ2n) is 8.30. The topological polar surface area (TPSA) is 70.4 Å². The molecular formula is C24H30N4O2. The molecule has 0 amide bonds. The molecule has 0 spiro atoms. The molecular weight excluding hydrogens is 376 g/mol. The molecule has 1 aromatic heterocycles. The largest absolute Gasteiger partial charge is 0.390 e. The van der Waals surface area contributed by atoms with Crippen LogP contribution in [0.2, 0.25) is 0 Å². The molecule has 2 atom stereocenters. The fourth-order valence-electron chi connectivity index (χ4n) is 4.06. The highest BCUT2D eigenvalue weighted by molar-refractivity contribution is 5.84. The monoisotopic (exact) mass is 406 g/mol. The van der Waals surface area contributed by atoms with E-state index in [1.807, 2.05) is 18.2 Å². The highest BCUT2D eigenvalue weighted by Crippen LogP contribution is 2.19. The molecule has 6 heteroatoms. The van der Waals surface area contributed by atoms with Crippen molar-refractivity contribution in [3.63, 3.8) is 0 Å². The zero-order valence-electron chi connectivity index (χ0n) is 17.7. The molecule has 4 rings (SSSR count). The van der Waals surface area contributed by atoms with Gasteiger partial charge in [-0.1, -0.05) is 31.2 Å². The van der Waals surface area contributed by atoms with Gasteiger partial charge in [0.2, 0.25) is 0 Å². The molecule has 6 nitrogen and oxygen atoms in total. The second kappa shape index (κ2) is 8.98. The van der Waals surface area contributed by atoms with E-state index in [9.17, 15) is 9.90 Å². The minimum absolute atomic E-state index is 0.161.